The molecule has 3 rings (SSSR count). The average Bonchev–Trinajstić information content (AvgIpc) is 3.04. The fraction of sp³-hybridized carbons (Fsp3) is 0.485. The molecular weight excluding hydrogens is 640 g/mol. The first kappa shape index (κ1) is 38.0. The summed E-state index contributed by atoms with van der Waals surface area (Å²) in [5, 5.41) is 21.8. The van der Waals surface area contributed by atoms with Gasteiger partial charge in [-0.2, -0.15) is 4.72 Å². The van der Waals surface area contributed by atoms with E-state index in [1.165, 1.54) is 7.11 Å². The van der Waals surface area contributed by atoms with Crippen LogP contribution in [0.1, 0.15) is 66.3 Å². The van der Waals surface area contributed by atoms with E-state index < -0.39 is 46.3 Å². The number of sulfonamides is 1. The van der Waals surface area contributed by atoms with Crippen molar-refractivity contribution in [2.75, 3.05) is 26.7 Å². The molecule has 2 aromatic carbocycles. The average molecular weight is 687 g/mol. The number of likely N-dealkylation sites (tertiary alicyclic amines) is 1. The number of hydrogen-bond acceptors (Lipinski definition) is 8. The van der Waals surface area contributed by atoms with Crippen molar-refractivity contribution >= 4 is 39.5 Å². The van der Waals surface area contributed by atoms with Gasteiger partial charge in [0.15, 0.2) is 0 Å². The van der Waals surface area contributed by atoms with E-state index in [0.717, 1.165) is 19.3 Å². The molecule has 2 aromatic rings. The largest absolute Gasteiger partial charge is 0.496 e. The molecule has 7 N–H and O–H groups in total. The number of carbonyl (C=O) groups excluding carboxylic acids is 3. The third-order valence-electron chi connectivity index (χ3n) is 8.35. The van der Waals surface area contributed by atoms with E-state index in [1.54, 1.807) is 56.0 Å². The molecule has 0 spiro atoms. The fourth-order valence-electron chi connectivity index (χ4n) is 5.67. The molecular formula is C33H46N6O8S. The Balaban J connectivity index is 1.95. The number of nitrogens with two attached hydrogens (primary N) is 1. The molecule has 1 aliphatic rings. The monoisotopic (exact) mass is 686 g/mol. The molecule has 1 saturated heterocycles. The van der Waals surface area contributed by atoms with E-state index in [9.17, 15) is 27.6 Å². The number of carboxylic acids is 1. The second-order valence-corrected chi connectivity index (χ2v) is 13.6. The Morgan fingerprint density at radius 3 is 2.25 bits per heavy atom. The molecule has 0 aromatic heterocycles. The van der Waals surface area contributed by atoms with Gasteiger partial charge in [-0.3, -0.25) is 24.6 Å². The number of piperidine rings is 1. The minimum atomic E-state index is -4.40. The summed E-state index contributed by atoms with van der Waals surface area (Å²) in [7, 11) is -2.92. The summed E-state index contributed by atoms with van der Waals surface area (Å²) in [6.45, 7) is 5.96. The topological polar surface area (TPSA) is 221 Å². The standard InChI is InChI=1S/C33H46N6O8S/c1-20-17-27(47-4)21(2)22(3)30(20)48(45,46)38-25(19-28(40)36-14-8-9-29(41)42)32(43)37-26(33(44)39-15-6-5-7-16-39)18-23-10-12-24(13-11-23)31(34)35/h10-13,17,25-26,38H,5-9,14-16,18-19H2,1-4H3,(H3,34,35)(H,36,40)(H,37,43)(H,41,42). The first-order chi connectivity index (χ1) is 22.6. The lowest BCUT2D eigenvalue weighted by molar-refractivity contribution is -0.138. The number of carbonyl (C=O) groups is 4. The highest BCUT2D eigenvalue weighted by Crippen LogP contribution is 2.30. The lowest BCUT2D eigenvalue weighted by Crippen LogP contribution is -2.56. The maximum Gasteiger partial charge on any atom is 0.303 e. The zero-order valence-electron chi connectivity index (χ0n) is 27.9. The molecule has 0 bridgehead atoms. The van der Waals surface area contributed by atoms with E-state index in [2.05, 4.69) is 15.4 Å². The molecule has 1 aliphatic heterocycles. The molecule has 0 saturated carbocycles. The second kappa shape index (κ2) is 17.1. The number of benzene rings is 2. The minimum Gasteiger partial charge on any atom is -0.496 e. The van der Waals surface area contributed by atoms with Gasteiger partial charge in [-0.1, -0.05) is 24.3 Å². The Hall–Kier alpha value is -4.50. The number of rotatable bonds is 16. The second-order valence-electron chi connectivity index (χ2n) is 12.0. The van der Waals surface area contributed by atoms with Crippen LogP contribution in [0.5, 0.6) is 5.75 Å². The number of nitrogen functional groups attached to an aromatic ring is 1. The maximum absolute atomic E-state index is 13.9. The lowest BCUT2D eigenvalue weighted by Gasteiger charge is -2.31. The predicted octanol–water partition coefficient (Wildman–Crippen LogP) is 1.66. The third kappa shape index (κ3) is 10.2. The highest BCUT2D eigenvalue weighted by Gasteiger charge is 2.34. The number of nitrogens with one attached hydrogen (secondary N) is 4. The number of aryl methyl sites for hydroxylation is 1. The minimum absolute atomic E-state index is 0.00838. The number of amides is 3. The first-order valence-corrected chi connectivity index (χ1v) is 17.3. The van der Waals surface area contributed by atoms with Crippen LogP contribution < -0.4 is 25.8 Å². The molecule has 3 amide bonds. The maximum atomic E-state index is 13.9. The molecule has 2 atom stereocenters. The molecule has 14 nitrogen and oxygen atoms in total. The van der Waals surface area contributed by atoms with Gasteiger partial charge >= 0.3 is 5.97 Å². The Morgan fingerprint density at radius 2 is 1.67 bits per heavy atom. The molecule has 1 fully saturated rings. The van der Waals surface area contributed by atoms with Gasteiger partial charge in [0.05, 0.1) is 18.4 Å². The van der Waals surface area contributed by atoms with Crippen molar-refractivity contribution in [3.8, 4) is 5.75 Å². The smallest absolute Gasteiger partial charge is 0.303 e. The molecule has 2 unspecified atom stereocenters. The SMILES string of the molecule is COc1cc(C)c(S(=O)(=O)NC(CC(=O)NCCCC(=O)O)C(=O)NC(Cc2ccc(C(=N)N)cc2)C(=O)N2CCCCC2)c(C)c1C. The Kier molecular flexibility index (Phi) is 13.5. The third-order valence-corrected chi connectivity index (χ3v) is 10.1. The fourth-order valence-corrected chi connectivity index (χ4v) is 7.39. The highest BCUT2D eigenvalue weighted by atomic mass is 32.2. The van der Waals surface area contributed by atoms with Crippen LogP contribution in [-0.4, -0.2) is 86.8 Å². The zero-order valence-corrected chi connectivity index (χ0v) is 28.7. The molecule has 0 aliphatic carbocycles. The Bertz CT molecular complexity index is 1620. The quantitative estimate of drug-likeness (QED) is 0.0858. The van der Waals surface area contributed by atoms with Crippen molar-refractivity contribution in [1.82, 2.24) is 20.3 Å². The van der Waals surface area contributed by atoms with Crippen molar-refractivity contribution in [2.45, 2.75) is 82.7 Å². The summed E-state index contributed by atoms with van der Waals surface area (Å²) in [5.41, 5.74) is 8.10. The van der Waals surface area contributed by atoms with Gasteiger partial charge in [0.2, 0.25) is 27.7 Å². The number of aliphatic carboxylic acids is 1. The van der Waals surface area contributed by atoms with Gasteiger partial charge in [-0.25, -0.2) is 8.42 Å². The summed E-state index contributed by atoms with van der Waals surface area (Å²) >= 11 is 0. The van der Waals surface area contributed by atoms with Crippen LogP contribution in [0, 0.1) is 26.2 Å². The van der Waals surface area contributed by atoms with Crippen molar-refractivity contribution in [1.29, 1.82) is 5.41 Å². The van der Waals surface area contributed by atoms with Crippen molar-refractivity contribution in [3.63, 3.8) is 0 Å². The van der Waals surface area contributed by atoms with Crippen LogP contribution in [0.15, 0.2) is 35.2 Å². The molecule has 15 heteroatoms. The summed E-state index contributed by atoms with van der Waals surface area (Å²) in [6, 6.07) is 5.53. The van der Waals surface area contributed by atoms with Gasteiger partial charge in [0.25, 0.3) is 0 Å². The number of nitrogens with zero attached hydrogens (tertiary/aromatic N) is 1. The van der Waals surface area contributed by atoms with E-state index in [4.69, 9.17) is 21.0 Å². The molecule has 0 radical (unpaired) electrons. The van der Waals surface area contributed by atoms with Crippen LogP contribution in [0.4, 0.5) is 0 Å². The van der Waals surface area contributed by atoms with Crippen LogP contribution in [0.25, 0.3) is 0 Å². The van der Waals surface area contributed by atoms with E-state index in [-0.39, 0.29) is 42.4 Å². The van der Waals surface area contributed by atoms with E-state index in [0.29, 0.717) is 46.7 Å². The van der Waals surface area contributed by atoms with Crippen LogP contribution >= 0.6 is 0 Å². The first-order valence-electron chi connectivity index (χ1n) is 15.8. The number of methoxy groups -OCH3 is 1. The summed E-state index contributed by atoms with van der Waals surface area (Å²) in [6.07, 6.45) is 2.01. The number of carboxylic acid groups (broad SMARTS) is 1. The number of amidine groups is 1. The van der Waals surface area contributed by atoms with Crippen molar-refractivity contribution in [3.05, 3.63) is 58.1 Å². The van der Waals surface area contributed by atoms with Crippen LogP contribution in [-0.2, 0) is 35.6 Å². The summed E-state index contributed by atoms with van der Waals surface area (Å²) in [4.78, 5) is 53.1. The molecule has 48 heavy (non-hydrogen) atoms. The van der Waals surface area contributed by atoms with Gasteiger partial charge < -0.3 is 31.1 Å². The normalized spacial score (nSPS) is 14.5. The molecule has 262 valence electrons. The highest BCUT2D eigenvalue weighted by molar-refractivity contribution is 7.89. The van der Waals surface area contributed by atoms with Gasteiger partial charge in [-0.15, -0.1) is 0 Å². The summed E-state index contributed by atoms with van der Waals surface area (Å²) in [5.74, 6) is -2.55. The van der Waals surface area contributed by atoms with Gasteiger partial charge in [0, 0.05) is 38.0 Å². The Labute approximate surface area is 281 Å². The van der Waals surface area contributed by atoms with Gasteiger partial charge in [0.1, 0.15) is 23.7 Å². The zero-order chi connectivity index (χ0) is 35.6. The Morgan fingerprint density at radius 1 is 1.02 bits per heavy atom. The predicted molar refractivity (Wildman–Crippen MR) is 179 cm³/mol. The summed E-state index contributed by atoms with van der Waals surface area (Å²) < 4.78 is 35.5. The number of ether oxygens (including phenoxy) is 1. The van der Waals surface area contributed by atoms with Crippen molar-refractivity contribution < 1.29 is 37.4 Å². The van der Waals surface area contributed by atoms with Crippen molar-refractivity contribution in [2.24, 2.45) is 5.73 Å². The van der Waals surface area contributed by atoms with Crippen LogP contribution in [0.2, 0.25) is 0 Å². The van der Waals surface area contributed by atoms with E-state index in [1.807, 2.05) is 0 Å². The van der Waals surface area contributed by atoms with Gasteiger partial charge in [-0.05, 0) is 74.8 Å². The molecule has 1 heterocycles. The van der Waals surface area contributed by atoms with Crippen LogP contribution in [0.3, 0.4) is 0 Å². The lowest BCUT2D eigenvalue weighted by atomic mass is 10.0. The van der Waals surface area contributed by atoms with E-state index >= 15 is 0 Å². The number of hydrogen-bond donors (Lipinski definition) is 6.